The summed E-state index contributed by atoms with van der Waals surface area (Å²) in [7, 11) is 0. The number of carbonyl (C=O) groups is 2. The minimum Gasteiger partial charge on any atom is -0.480 e. The smallest absolute Gasteiger partial charge is 0.317 e. The summed E-state index contributed by atoms with van der Waals surface area (Å²) in [5, 5.41) is 12.5. The molecule has 2 aromatic rings. The molecule has 0 radical (unpaired) electrons. The number of carboxylic acid groups (broad SMARTS) is 1. The van der Waals surface area contributed by atoms with Crippen LogP contribution >= 0.6 is 11.6 Å². The van der Waals surface area contributed by atoms with Crippen LogP contribution in [-0.2, 0) is 9.59 Å². The lowest BCUT2D eigenvalue weighted by atomic mass is 9.95. The van der Waals surface area contributed by atoms with Crippen LogP contribution in [0.1, 0.15) is 12.8 Å². The number of carboxylic acids is 1. The molecule has 26 heavy (non-hydrogen) atoms. The minimum atomic E-state index is -0.828. The fourth-order valence-electron chi connectivity index (χ4n) is 3.23. The number of rotatable bonds is 5. The number of benzene rings is 2. The van der Waals surface area contributed by atoms with Crippen LogP contribution in [0.2, 0.25) is 5.02 Å². The molecule has 1 aliphatic rings. The number of likely N-dealkylation sites (tertiary alicyclic amines) is 1. The molecule has 2 aromatic carbocycles. The van der Waals surface area contributed by atoms with E-state index in [1.807, 2.05) is 53.4 Å². The summed E-state index contributed by atoms with van der Waals surface area (Å²) in [5.74, 6) is -0.927. The van der Waals surface area contributed by atoms with Crippen LogP contribution in [0.3, 0.4) is 0 Å². The first-order chi connectivity index (χ1) is 12.5. The van der Waals surface area contributed by atoms with Gasteiger partial charge in [-0.25, -0.2) is 0 Å². The fraction of sp³-hybridized carbons (Fsp3) is 0.300. The van der Waals surface area contributed by atoms with E-state index < -0.39 is 5.97 Å². The first-order valence-electron chi connectivity index (χ1n) is 8.62. The summed E-state index contributed by atoms with van der Waals surface area (Å²) >= 11 is 6.05. The van der Waals surface area contributed by atoms with Crippen LogP contribution in [0.5, 0.6) is 0 Å². The van der Waals surface area contributed by atoms with Crippen LogP contribution in [-0.4, -0.2) is 41.5 Å². The maximum Gasteiger partial charge on any atom is 0.317 e. The van der Waals surface area contributed by atoms with E-state index in [4.69, 9.17) is 16.7 Å². The second-order valence-corrected chi connectivity index (χ2v) is 6.96. The Bertz CT molecular complexity index is 801. The van der Waals surface area contributed by atoms with Crippen molar-refractivity contribution in [2.24, 2.45) is 5.92 Å². The molecule has 1 heterocycles. The number of hydrogen-bond donors (Lipinski definition) is 2. The van der Waals surface area contributed by atoms with Gasteiger partial charge in [-0.2, -0.15) is 0 Å². The molecular formula is C20H21ClN2O3. The number of hydrogen-bond acceptors (Lipinski definition) is 3. The predicted octanol–water partition coefficient (Wildman–Crippen LogP) is 3.74. The monoisotopic (exact) mass is 372 g/mol. The quantitative estimate of drug-likeness (QED) is 0.838. The molecule has 0 aliphatic carbocycles. The lowest BCUT2D eigenvalue weighted by Gasteiger charge is -2.30. The van der Waals surface area contributed by atoms with Crippen LogP contribution in [0, 0.1) is 5.92 Å². The molecule has 0 unspecified atom stereocenters. The van der Waals surface area contributed by atoms with Crippen molar-refractivity contribution in [1.82, 2.24) is 4.90 Å². The number of carbonyl (C=O) groups excluding carboxylic acids is 1. The second kappa shape index (κ2) is 8.34. The summed E-state index contributed by atoms with van der Waals surface area (Å²) < 4.78 is 0. The molecule has 3 rings (SSSR count). The molecule has 1 saturated heterocycles. The predicted molar refractivity (Wildman–Crippen MR) is 102 cm³/mol. The SMILES string of the molecule is O=C(O)CN1CCC(C(=O)Nc2cccc(-c3cccc(Cl)c3)c2)CC1. The third kappa shape index (κ3) is 4.84. The molecule has 0 aromatic heterocycles. The highest BCUT2D eigenvalue weighted by atomic mass is 35.5. The highest BCUT2D eigenvalue weighted by Crippen LogP contribution is 2.26. The van der Waals surface area contributed by atoms with Gasteiger partial charge in [-0.1, -0.05) is 35.9 Å². The van der Waals surface area contributed by atoms with Gasteiger partial charge in [-0.3, -0.25) is 14.5 Å². The van der Waals surface area contributed by atoms with Crippen molar-refractivity contribution in [3.63, 3.8) is 0 Å². The number of piperidine rings is 1. The van der Waals surface area contributed by atoms with Gasteiger partial charge >= 0.3 is 5.97 Å². The summed E-state index contributed by atoms with van der Waals surface area (Å²) in [6.45, 7) is 1.30. The van der Waals surface area contributed by atoms with Gasteiger partial charge in [0.15, 0.2) is 0 Å². The Balaban J connectivity index is 1.62. The molecule has 1 aliphatic heterocycles. The van der Waals surface area contributed by atoms with Gasteiger partial charge in [-0.05, 0) is 61.3 Å². The summed E-state index contributed by atoms with van der Waals surface area (Å²) in [5.41, 5.74) is 2.73. The zero-order chi connectivity index (χ0) is 18.5. The van der Waals surface area contributed by atoms with E-state index in [-0.39, 0.29) is 18.4 Å². The maximum atomic E-state index is 12.5. The number of anilines is 1. The molecule has 0 spiro atoms. The van der Waals surface area contributed by atoms with Crippen molar-refractivity contribution >= 4 is 29.2 Å². The van der Waals surface area contributed by atoms with Crippen molar-refractivity contribution in [2.75, 3.05) is 25.0 Å². The Morgan fingerprint density at radius 2 is 1.73 bits per heavy atom. The number of nitrogens with zero attached hydrogens (tertiary/aromatic N) is 1. The summed E-state index contributed by atoms with van der Waals surface area (Å²) in [4.78, 5) is 25.2. The second-order valence-electron chi connectivity index (χ2n) is 6.52. The van der Waals surface area contributed by atoms with E-state index >= 15 is 0 Å². The highest BCUT2D eigenvalue weighted by Gasteiger charge is 2.25. The first-order valence-corrected chi connectivity index (χ1v) is 9.00. The Morgan fingerprint density at radius 1 is 1.08 bits per heavy atom. The topological polar surface area (TPSA) is 69.6 Å². The van der Waals surface area contributed by atoms with Gasteiger partial charge < -0.3 is 10.4 Å². The summed E-state index contributed by atoms with van der Waals surface area (Å²) in [6.07, 6.45) is 1.35. The fourth-order valence-corrected chi connectivity index (χ4v) is 3.42. The van der Waals surface area contributed by atoms with Crippen LogP contribution < -0.4 is 5.32 Å². The van der Waals surface area contributed by atoms with Crippen molar-refractivity contribution in [3.8, 4) is 11.1 Å². The maximum absolute atomic E-state index is 12.5. The molecule has 0 bridgehead atoms. The van der Waals surface area contributed by atoms with Gasteiger partial charge in [0.05, 0.1) is 6.54 Å². The zero-order valence-corrected chi connectivity index (χ0v) is 15.1. The van der Waals surface area contributed by atoms with Gasteiger partial charge in [-0.15, -0.1) is 0 Å². The van der Waals surface area contributed by atoms with Gasteiger partial charge in [0.25, 0.3) is 0 Å². The number of halogens is 1. The van der Waals surface area contributed by atoms with Crippen molar-refractivity contribution in [1.29, 1.82) is 0 Å². The average Bonchev–Trinajstić information content (AvgIpc) is 2.62. The lowest BCUT2D eigenvalue weighted by molar-refractivity contribution is -0.138. The van der Waals surface area contributed by atoms with Crippen LogP contribution in [0.25, 0.3) is 11.1 Å². The normalized spacial score (nSPS) is 15.6. The Hall–Kier alpha value is -2.37. The van der Waals surface area contributed by atoms with E-state index in [1.54, 1.807) is 0 Å². The molecule has 0 saturated carbocycles. The summed E-state index contributed by atoms with van der Waals surface area (Å²) in [6, 6.07) is 15.3. The molecular weight excluding hydrogens is 352 g/mol. The van der Waals surface area contributed by atoms with Gasteiger partial charge in [0.1, 0.15) is 0 Å². The van der Waals surface area contributed by atoms with E-state index in [2.05, 4.69) is 5.32 Å². The zero-order valence-electron chi connectivity index (χ0n) is 14.3. The number of amides is 1. The first kappa shape index (κ1) is 18.4. The van der Waals surface area contributed by atoms with E-state index in [9.17, 15) is 9.59 Å². The number of aliphatic carboxylic acids is 1. The molecule has 136 valence electrons. The van der Waals surface area contributed by atoms with Gasteiger partial charge in [0, 0.05) is 16.6 Å². The third-order valence-corrected chi connectivity index (χ3v) is 4.84. The molecule has 5 nitrogen and oxygen atoms in total. The Kier molecular flexibility index (Phi) is 5.91. The third-order valence-electron chi connectivity index (χ3n) is 4.61. The van der Waals surface area contributed by atoms with Crippen molar-refractivity contribution < 1.29 is 14.7 Å². The Morgan fingerprint density at radius 3 is 2.38 bits per heavy atom. The highest BCUT2D eigenvalue weighted by molar-refractivity contribution is 6.30. The minimum absolute atomic E-state index is 0.0109. The average molecular weight is 373 g/mol. The molecule has 1 amide bonds. The molecule has 1 fully saturated rings. The van der Waals surface area contributed by atoms with E-state index in [1.165, 1.54) is 0 Å². The molecule has 0 atom stereocenters. The standard InChI is InChI=1S/C20H21ClN2O3/c21-17-5-1-3-15(11-17)16-4-2-6-18(12-16)22-20(26)14-7-9-23(10-8-14)13-19(24)25/h1-6,11-12,14H,7-10,13H2,(H,22,26)(H,24,25). The van der Waals surface area contributed by atoms with Crippen LogP contribution in [0.15, 0.2) is 48.5 Å². The lowest BCUT2D eigenvalue weighted by Crippen LogP contribution is -2.40. The number of nitrogens with one attached hydrogen (secondary N) is 1. The van der Waals surface area contributed by atoms with Crippen molar-refractivity contribution in [3.05, 3.63) is 53.6 Å². The van der Waals surface area contributed by atoms with Gasteiger partial charge in [0.2, 0.25) is 5.91 Å². The van der Waals surface area contributed by atoms with E-state index in [0.29, 0.717) is 31.0 Å². The molecule has 6 heteroatoms. The van der Waals surface area contributed by atoms with E-state index in [0.717, 1.165) is 16.8 Å². The molecule has 2 N–H and O–H groups in total. The van der Waals surface area contributed by atoms with Crippen LogP contribution in [0.4, 0.5) is 5.69 Å². The van der Waals surface area contributed by atoms with Crippen molar-refractivity contribution in [2.45, 2.75) is 12.8 Å². The Labute approximate surface area is 157 Å². The largest absolute Gasteiger partial charge is 0.480 e.